The van der Waals surface area contributed by atoms with Crippen LogP contribution in [-0.4, -0.2) is 40.1 Å². The third-order valence-corrected chi connectivity index (χ3v) is 6.59. The van der Waals surface area contributed by atoms with Crippen molar-refractivity contribution >= 4 is 23.1 Å². The minimum atomic E-state index is -1.22. The molecule has 0 radical (unpaired) electrons. The quantitative estimate of drug-likeness (QED) is 0.388. The molecule has 1 aromatic heterocycles. The first-order valence-electron chi connectivity index (χ1n) is 10.3. The molecule has 32 heavy (non-hydrogen) atoms. The number of hydrogen-bond donors (Lipinski definition) is 1. The second kappa shape index (κ2) is 7.35. The number of para-hydroxylation sites is 1. The molecule has 0 bridgehead atoms. The zero-order valence-corrected chi connectivity index (χ0v) is 17.3. The van der Waals surface area contributed by atoms with E-state index in [9.17, 15) is 19.7 Å². The van der Waals surface area contributed by atoms with Gasteiger partial charge in [0.1, 0.15) is 5.54 Å². The zero-order valence-electron chi connectivity index (χ0n) is 17.3. The molecule has 1 amide bonds. The van der Waals surface area contributed by atoms with Crippen molar-refractivity contribution in [2.45, 2.75) is 11.5 Å². The number of nitro groups is 1. The van der Waals surface area contributed by atoms with Gasteiger partial charge in [0.15, 0.2) is 5.78 Å². The van der Waals surface area contributed by atoms with Crippen molar-refractivity contribution < 1.29 is 14.5 Å². The predicted molar refractivity (Wildman–Crippen MR) is 117 cm³/mol. The Balaban J connectivity index is 1.73. The molecule has 1 N–H and O–H groups in total. The number of likely N-dealkylation sites (N-methyl/N-ethyl adjacent to an activating group) is 1. The molecule has 0 unspecified atom stereocenters. The first-order valence-corrected chi connectivity index (χ1v) is 10.3. The van der Waals surface area contributed by atoms with Crippen molar-refractivity contribution in [3.05, 3.63) is 99.9 Å². The van der Waals surface area contributed by atoms with Crippen LogP contribution in [-0.2, 0) is 10.3 Å². The van der Waals surface area contributed by atoms with Gasteiger partial charge in [0.25, 0.3) is 5.69 Å². The molecule has 2 aromatic carbocycles. The average molecular weight is 428 g/mol. The number of benzene rings is 2. The highest BCUT2D eigenvalue weighted by Crippen LogP contribution is 2.55. The van der Waals surface area contributed by atoms with Crippen molar-refractivity contribution in [3.8, 4) is 0 Å². The molecule has 1 fully saturated rings. The molecule has 0 aliphatic carbocycles. The molecule has 3 aromatic rings. The highest BCUT2D eigenvalue weighted by atomic mass is 16.6. The van der Waals surface area contributed by atoms with Gasteiger partial charge in [-0.3, -0.25) is 29.6 Å². The summed E-state index contributed by atoms with van der Waals surface area (Å²) in [6.45, 7) is 0.388. The Bertz CT molecular complexity index is 1250. The van der Waals surface area contributed by atoms with Crippen molar-refractivity contribution in [1.29, 1.82) is 0 Å². The van der Waals surface area contributed by atoms with Crippen LogP contribution in [0.1, 0.15) is 27.4 Å². The third kappa shape index (κ3) is 2.76. The summed E-state index contributed by atoms with van der Waals surface area (Å²) in [5.74, 6) is -1.70. The van der Waals surface area contributed by atoms with Gasteiger partial charge in [-0.2, -0.15) is 0 Å². The number of carbonyl (C=O) groups excluding carboxylic acids is 2. The molecule has 3 atom stereocenters. The van der Waals surface area contributed by atoms with Crippen molar-refractivity contribution in [2.75, 3.05) is 18.9 Å². The fourth-order valence-corrected chi connectivity index (χ4v) is 5.25. The fraction of sp³-hybridized carbons (Fsp3) is 0.208. The molecule has 0 saturated carbocycles. The molecular weight excluding hydrogens is 408 g/mol. The molecule has 8 heteroatoms. The van der Waals surface area contributed by atoms with Gasteiger partial charge in [0.05, 0.1) is 10.8 Å². The van der Waals surface area contributed by atoms with Crippen LogP contribution < -0.4 is 5.32 Å². The van der Waals surface area contributed by atoms with E-state index in [1.807, 2.05) is 36.2 Å². The number of rotatable bonds is 4. The molecule has 5 rings (SSSR count). The molecule has 2 aliphatic rings. The predicted octanol–water partition coefficient (Wildman–Crippen LogP) is 3.37. The van der Waals surface area contributed by atoms with Gasteiger partial charge >= 0.3 is 0 Å². The number of amides is 1. The highest BCUT2D eigenvalue weighted by Gasteiger charge is 2.64. The second-order valence-corrected chi connectivity index (χ2v) is 8.19. The summed E-state index contributed by atoms with van der Waals surface area (Å²) >= 11 is 0. The highest BCUT2D eigenvalue weighted by molar-refractivity contribution is 6.12. The average Bonchev–Trinajstić information content (AvgIpc) is 3.29. The second-order valence-electron chi connectivity index (χ2n) is 8.19. The lowest BCUT2D eigenvalue weighted by molar-refractivity contribution is -0.384. The summed E-state index contributed by atoms with van der Waals surface area (Å²) in [5, 5.41) is 14.3. The minimum absolute atomic E-state index is 0.0463. The number of non-ortho nitro benzene ring substituents is 1. The van der Waals surface area contributed by atoms with Crippen LogP contribution in [0.4, 0.5) is 11.4 Å². The number of Topliss-reactive ketones (excluding diaryl/α,β-unsaturated/α-hetero) is 1. The summed E-state index contributed by atoms with van der Waals surface area (Å²) < 4.78 is 0. The van der Waals surface area contributed by atoms with E-state index in [4.69, 9.17) is 0 Å². The summed E-state index contributed by atoms with van der Waals surface area (Å²) in [7, 11) is 1.82. The number of pyridine rings is 1. The van der Waals surface area contributed by atoms with Crippen LogP contribution in [0, 0.1) is 16.0 Å². The number of carbonyl (C=O) groups is 2. The topological polar surface area (TPSA) is 105 Å². The number of likely N-dealkylation sites (tertiary alicyclic amines) is 1. The fourth-order valence-electron chi connectivity index (χ4n) is 5.25. The number of fused-ring (bicyclic) bond motifs is 2. The van der Waals surface area contributed by atoms with E-state index in [-0.39, 0.29) is 17.4 Å². The lowest BCUT2D eigenvalue weighted by Gasteiger charge is -2.35. The monoisotopic (exact) mass is 428 g/mol. The standard InChI is InChI=1S/C24H20N4O4/c1-27-14-18(15-6-4-8-17(12-15)28(31)32)21(22(29)16-7-5-11-25-13-16)24(27)19-9-2-3-10-20(19)26-23(24)30/h2-13,18,21H,14H2,1H3,(H,26,30)/t18-,21+,24-/m1/s1. The lowest BCUT2D eigenvalue weighted by Crippen LogP contribution is -2.51. The van der Waals surface area contributed by atoms with Crippen LogP contribution >= 0.6 is 0 Å². The number of ketones is 1. The maximum Gasteiger partial charge on any atom is 0.269 e. The Labute approximate surface area is 184 Å². The SMILES string of the molecule is CN1C[C@H](c2cccc([N+](=O)[O-])c2)[C@@H](C(=O)c2cccnc2)[C@]12C(=O)Nc1ccccc12. The number of aromatic nitrogens is 1. The van der Waals surface area contributed by atoms with Gasteiger partial charge in [-0.1, -0.05) is 30.3 Å². The maximum atomic E-state index is 13.9. The van der Waals surface area contributed by atoms with Crippen LogP contribution in [0.15, 0.2) is 73.1 Å². The van der Waals surface area contributed by atoms with Crippen LogP contribution in [0.2, 0.25) is 0 Å². The zero-order chi connectivity index (χ0) is 22.5. The summed E-state index contributed by atoms with van der Waals surface area (Å²) in [5.41, 5.74) is 1.20. The van der Waals surface area contributed by atoms with Gasteiger partial charge in [-0.05, 0) is 30.8 Å². The Morgan fingerprint density at radius 2 is 2.00 bits per heavy atom. The van der Waals surface area contributed by atoms with E-state index in [1.54, 1.807) is 30.5 Å². The van der Waals surface area contributed by atoms with Crippen molar-refractivity contribution in [2.24, 2.45) is 5.92 Å². The molecule has 3 heterocycles. The smallest absolute Gasteiger partial charge is 0.269 e. The van der Waals surface area contributed by atoms with E-state index in [0.29, 0.717) is 23.4 Å². The molecule has 8 nitrogen and oxygen atoms in total. The Kier molecular flexibility index (Phi) is 4.60. The van der Waals surface area contributed by atoms with Gasteiger partial charge < -0.3 is 5.32 Å². The maximum absolute atomic E-state index is 13.9. The number of anilines is 1. The Hall–Kier alpha value is -3.91. The molecule has 2 aliphatic heterocycles. The number of hydrogen-bond acceptors (Lipinski definition) is 6. The number of nitrogens with zero attached hydrogens (tertiary/aromatic N) is 3. The first-order chi connectivity index (χ1) is 15.4. The van der Waals surface area contributed by atoms with Crippen LogP contribution in [0.5, 0.6) is 0 Å². The Morgan fingerprint density at radius 1 is 1.19 bits per heavy atom. The van der Waals surface area contributed by atoms with Crippen LogP contribution in [0.3, 0.4) is 0 Å². The molecule has 1 spiro atoms. The van der Waals surface area contributed by atoms with E-state index in [1.165, 1.54) is 18.3 Å². The Morgan fingerprint density at radius 3 is 2.75 bits per heavy atom. The van der Waals surface area contributed by atoms with Crippen molar-refractivity contribution in [1.82, 2.24) is 9.88 Å². The molecule has 1 saturated heterocycles. The molecule has 160 valence electrons. The van der Waals surface area contributed by atoms with Gasteiger partial charge in [-0.15, -0.1) is 0 Å². The number of nitro benzene ring substituents is 1. The first kappa shape index (κ1) is 20.0. The largest absolute Gasteiger partial charge is 0.324 e. The van der Waals surface area contributed by atoms with Gasteiger partial charge in [0, 0.05) is 53.8 Å². The van der Waals surface area contributed by atoms with E-state index < -0.39 is 22.3 Å². The lowest BCUT2D eigenvalue weighted by atomic mass is 9.70. The normalized spacial score (nSPS) is 24.3. The summed E-state index contributed by atoms with van der Waals surface area (Å²) in [4.78, 5) is 44.4. The third-order valence-electron chi connectivity index (χ3n) is 6.59. The van der Waals surface area contributed by atoms with Crippen molar-refractivity contribution in [3.63, 3.8) is 0 Å². The van der Waals surface area contributed by atoms with Gasteiger partial charge in [-0.25, -0.2) is 0 Å². The molecular formula is C24H20N4O4. The number of nitrogens with one attached hydrogen (secondary N) is 1. The summed E-state index contributed by atoms with van der Waals surface area (Å²) in [6, 6.07) is 17.1. The van der Waals surface area contributed by atoms with Gasteiger partial charge in [0.2, 0.25) is 5.91 Å². The summed E-state index contributed by atoms with van der Waals surface area (Å²) in [6.07, 6.45) is 3.08. The van der Waals surface area contributed by atoms with E-state index >= 15 is 0 Å². The van der Waals surface area contributed by atoms with Crippen LogP contribution in [0.25, 0.3) is 0 Å². The van der Waals surface area contributed by atoms with E-state index in [2.05, 4.69) is 10.3 Å². The van der Waals surface area contributed by atoms with E-state index in [0.717, 1.165) is 5.56 Å². The minimum Gasteiger partial charge on any atom is -0.324 e.